The van der Waals surface area contributed by atoms with Gasteiger partial charge in [0.05, 0.1) is 6.20 Å². The summed E-state index contributed by atoms with van der Waals surface area (Å²) in [7, 11) is 0. The zero-order valence-corrected chi connectivity index (χ0v) is 12.0. The largest absolute Gasteiger partial charge is 0.443 e. The number of oxazole rings is 1. The maximum atomic E-state index is 11.5. The van der Waals surface area contributed by atoms with Crippen molar-refractivity contribution in [2.75, 3.05) is 25.9 Å². The van der Waals surface area contributed by atoms with Gasteiger partial charge in [0.1, 0.15) is 11.8 Å². The first-order valence-electron chi connectivity index (χ1n) is 6.09. The molecule has 1 N–H and O–H groups in total. The molecule has 1 fully saturated rings. The number of aromatic nitrogens is 1. The fourth-order valence-electron chi connectivity index (χ4n) is 1.94. The summed E-state index contributed by atoms with van der Waals surface area (Å²) in [4.78, 5) is 17.5. The van der Waals surface area contributed by atoms with Crippen molar-refractivity contribution < 1.29 is 9.21 Å². The van der Waals surface area contributed by atoms with E-state index < -0.39 is 0 Å². The molecule has 102 valence electrons. The molecule has 1 unspecified atom stereocenters. The standard InChI is InChI=1S/C11H17N3O2.CH4S/c1-3-9-6-13-11(16-9)10-7-12-4-5-14(10)8(2)15;1-2/h6,10,12H,3-5,7H2,1-2H3;2H,1H3. The second kappa shape index (κ2) is 7.43. The minimum absolute atomic E-state index is 0.0634. The lowest BCUT2D eigenvalue weighted by atomic mass is 10.2. The number of nitrogens with zero attached hydrogens (tertiary/aromatic N) is 2. The van der Waals surface area contributed by atoms with Crippen LogP contribution in [0.3, 0.4) is 0 Å². The summed E-state index contributed by atoms with van der Waals surface area (Å²) < 4.78 is 5.61. The van der Waals surface area contributed by atoms with Gasteiger partial charge in [-0.2, -0.15) is 12.6 Å². The quantitative estimate of drug-likeness (QED) is 0.796. The van der Waals surface area contributed by atoms with E-state index in [9.17, 15) is 4.79 Å². The Hall–Kier alpha value is -1.01. The van der Waals surface area contributed by atoms with Crippen LogP contribution in [0.15, 0.2) is 10.6 Å². The molecule has 1 aromatic rings. The second-order valence-electron chi connectivity index (χ2n) is 3.95. The maximum absolute atomic E-state index is 11.5. The Balaban J connectivity index is 0.000000771. The summed E-state index contributed by atoms with van der Waals surface area (Å²) in [5.41, 5.74) is 0. The van der Waals surface area contributed by atoms with Gasteiger partial charge < -0.3 is 14.6 Å². The SMILES string of the molecule is CCc1cnc(C2CNCCN2C(C)=O)o1.CS. The van der Waals surface area contributed by atoms with Crippen LogP contribution in [-0.2, 0) is 11.2 Å². The molecule has 1 amide bonds. The number of hydrogen-bond acceptors (Lipinski definition) is 5. The highest BCUT2D eigenvalue weighted by atomic mass is 32.1. The molecule has 1 aromatic heterocycles. The van der Waals surface area contributed by atoms with E-state index in [-0.39, 0.29) is 11.9 Å². The summed E-state index contributed by atoms with van der Waals surface area (Å²) in [6.07, 6.45) is 4.26. The molecule has 0 radical (unpaired) electrons. The first-order chi connectivity index (χ1) is 8.72. The Kier molecular flexibility index (Phi) is 6.21. The smallest absolute Gasteiger partial charge is 0.220 e. The zero-order chi connectivity index (χ0) is 13.5. The van der Waals surface area contributed by atoms with Gasteiger partial charge in [0, 0.05) is 33.0 Å². The predicted molar refractivity (Wildman–Crippen MR) is 73.8 cm³/mol. The number of piperazine rings is 1. The maximum Gasteiger partial charge on any atom is 0.220 e. The monoisotopic (exact) mass is 271 g/mol. The number of aryl methyl sites for hydroxylation is 1. The zero-order valence-electron chi connectivity index (χ0n) is 11.1. The van der Waals surface area contributed by atoms with Gasteiger partial charge in [-0.05, 0) is 6.26 Å². The first-order valence-corrected chi connectivity index (χ1v) is 6.99. The van der Waals surface area contributed by atoms with E-state index in [1.54, 1.807) is 19.4 Å². The number of thiol groups is 1. The average molecular weight is 271 g/mol. The third-order valence-corrected chi connectivity index (χ3v) is 2.85. The van der Waals surface area contributed by atoms with Gasteiger partial charge in [0.15, 0.2) is 0 Å². The number of nitrogens with one attached hydrogen (secondary N) is 1. The molecule has 1 atom stereocenters. The van der Waals surface area contributed by atoms with Crippen molar-refractivity contribution in [3.05, 3.63) is 17.8 Å². The molecule has 0 aliphatic carbocycles. The summed E-state index contributed by atoms with van der Waals surface area (Å²) in [6.45, 7) is 5.86. The van der Waals surface area contributed by atoms with Crippen LogP contribution in [0, 0.1) is 0 Å². The molecule has 6 heteroatoms. The van der Waals surface area contributed by atoms with Crippen LogP contribution in [0.1, 0.15) is 31.5 Å². The molecule has 5 nitrogen and oxygen atoms in total. The Morgan fingerprint density at radius 2 is 2.39 bits per heavy atom. The Labute approximate surface area is 113 Å². The van der Waals surface area contributed by atoms with Crippen LogP contribution in [0.2, 0.25) is 0 Å². The molecule has 1 saturated heterocycles. The second-order valence-corrected chi connectivity index (χ2v) is 3.95. The van der Waals surface area contributed by atoms with Gasteiger partial charge in [0.25, 0.3) is 0 Å². The Morgan fingerprint density at radius 1 is 1.67 bits per heavy atom. The number of amides is 1. The molecule has 1 aliphatic heterocycles. The Morgan fingerprint density at radius 3 is 2.94 bits per heavy atom. The van der Waals surface area contributed by atoms with Gasteiger partial charge in [-0.1, -0.05) is 6.92 Å². The van der Waals surface area contributed by atoms with E-state index in [0.29, 0.717) is 19.0 Å². The molecule has 0 bridgehead atoms. The third kappa shape index (κ3) is 3.49. The molecule has 0 spiro atoms. The first kappa shape index (κ1) is 15.0. The molecular formula is C12H21N3O2S. The molecule has 0 aromatic carbocycles. The topological polar surface area (TPSA) is 58.4 Å². The van der Waals surface area contributed by atoms with Gasteiger partial charge in [-0.25, -0.2) is 4.98 Å². The van der Waals surface area contributed by atoms with E-state index in [0.717, 1.165) is 18.7 Å². The molecule has 1 aliphatic rings. The minimum atomic E-state index is -0.0634. The third-order valence-electron chi connectivity index (χ3n) is 2.85. The number of hydrogen-bond donors (Lipinski definition) is 2. The lowest BCUT2D eigenvalue weighted by Crippen LogP contribution is -2.48. The van der Waals surface area contributed by atoms with E-state index in [4.69, 9.17) is 4.42 Å². The van der Waals surface area contributed by atoms with Gasteiger partial charge >= 0.3 is 0 Å². The molecule has 0 saturated carbocycles. The van der Waals surface area contributed by atoms with Crippen LogP contribution in [0.25, 0.3) is 0 Å². The van der Waals surface area contributed by atoms with Gasteiger partial charge in [0.2, 0.25) is 11.8 Å². The van der Waals surface area contributed by atoms with Crippen LogP contribution >= 0.6 is 12.6 Å². The normalized spacial score (nSPS) is 19.1. The van der Waals surface area contributed by atoms with Crippen LogP contribution in [0.4, 0.5) is 0 Å². The summed E-state index contributed by atoms with van der Waals surface area (Å²) >= 11 is 3.53. The van der Waals surface area contributed by atoms with Crippen LogP contribution in [0.5, 0.6) is 0 Å². The lowest BCUT2D eigenvalue weighted by molar-refractivity contribution is -0.132. The number of carbonyl (C=O) groups excluding carboxylic acids is 1. The fraction of sp³-hybridized carbons (Fsp3) is 0.667. The summed E-state index contributed by atoms with van der Waals surface area (Å²) in [6, 6.07) is -0.0634. The van der Waals surface area contributed by atoms with Crippen molar-refractivity contribution in [3.63, 3.8) is 0 Å². The van der Waals surface area contributed by atoms with E-state index in [2.05, 4.69) is 22.9 Å². The van der Waals surface area contributed by atoms with Crippen molar-refractivity contribution in [3.8, 4) is 0 Å². The molecule has 2 heterocycles. The number of rotatable bonds is 2. The highest BCUT2D eigenvalue weighted by Gasteiger charge is 2.29. The van der Waals surface area contributed by atoms with Crippen molar-refractivity contribution >= 4 is 18.5 Å². The lowest BCUT2D eigenvalue weighted by Gasteiger charge is -2.33. The average Bonchev–Trinajstić information content (AvgIpc) is 2.89. The van der Waals surface area contributed by atoms with Gasteiger partial charge in [-0.15, -0.1) is 0 Å². The molecule has 18 heavy (non-hydrogen) atoms. The fourth-order valence-corrected chi connectivity index (χ4v) is 1.94. The minimum Gasteiger partial charge on any atom is -0.443 e. The summed E-state index contributed by atoms with van der Waals surface area (Å²) in [5.74, 6) is 1.58. The highest BCUT2D eigenvalue weighted by molar-refractivity contribution is 7.79. The van der Waals surface area contributed by atoms with Crippen molar-refractivity contribution in [2.45, 2.75) is 26.3 Å². The predicted octanol–water partition coefficient (Wildman–Crippen LogP) is 1.28. The van der Waals surface area contributed by atoms with E-state index in [1.807, 2.05) is 11.8 Å². The van der Waals surface area contributed by atoms with Crippen molar-refractivity contribution in [1.82, 2.24) is 15.2 Å². The van der Waals surface area contributed by atoms with Crippen molar-refractivity contribution in [2.24, 2.45) is 0 Å². The highest BCUT2D eigenvalue weighted by Crippen LogP contribution is 2.22. The van der Waals surface area contributed by atoms with E-state index in [1.165, 1.54) is 0 Å². The summed E-state index contributed by atoms with van der Waals surface area (Å²) in [5, 5.41) is 3.25. The van der Waals surface area contributed by atoms with Crippen molar-refractivity contribution in [1.29, 1.82) is 0 Å². The van der Waals surface area contributed by atoms with Gasteiger partial charge in [-0.3, -0.25) is 4.79 Å². The Bertz CT molecular complexity index is 381. The number of carbonyl (C=O) groups is 1. The van der Waals surface area contributed by atoms with Crippen LogP contribution < -0.4 is 5.32 Å². The molecular weight excluding hydrogens is 250 g/mol. The van der Waals surface area contributed by atoms with E-state index >= 15 is 0 Å². The van der Waals surface area contributed by atoms with Crippen LogP contribution in [-0.4, -0.2) is 41.7 Å². The molecule has 2 rings (SSSR count).